The molecular formula is C12H19N. The highest BCUT2D eigenvalue weighted by atomic mass is 15.1. The van der Waals surface area contributed by atoms with E-state index in [0.29, 0.717) is 0 Å². The third kappa shape index (κ3) is 4.09. The van der Waals surface area contributed by atoms with Gasteiger partial charge < -0.3 is 4.90 Å². The van der Waals surface area contributed by atoms with Crippen molar-refractivity contribution >= 4 is 0 Å². The number of unbranched alkanes of at least 4 members (excludes halogenated alkanes) is 1. The highest BCUT2D eigenvalue weighted by molar-refractivity contribution is 5.14. The van der Waals surface area contributed by atoms with E-state index in [1.807, 2.05) is 0 Å². The second kappa shape index (κ2) is 5.76. The predicted molar refractivity (Wildman–Crippen MR) is 57.7 cm³/mol. The molecule has 72 valence electrons. The van der Waals surface area contributed by atoms with Crippen LogP contribution in [0.5, 0.6) is 0 Å². The van der Waals surface area contributed by atoms with Crippen LogP contribution in [0, 0.1) is 0 Å². The lowest BCUT2D eigenvalue weighted by Crippen LogP contribution is -2.18. The van der Waals surface area contributed by atoms with Gasteiger partial charge in [-0.2, -0.15) is 0 Å². The molecule has 0 aromatic heterocycles. The molecule has 0 heterocycles. The Balaban J connectivity index is 2.32. The van der Waals surface area contributed by atoms with Gasteiger partial charge in [-0.05, 0) is 25.6 Å². The third-order valence-electron chi connectivity index (χ3n) is 2.19. The van der Waals surface area contributed by atoms with E-state index in [1.54, 1.807) is 0 Å². The Labute approximate surface area is 81.4 Å². The Kier molecular flexibility index (Phi) is 4.55. The van der Waals surface area contributed by atoms with Gasteiger partial charge in [-0.1, -0.05) is 43.7 Å². The lowest BCUT2D eigenvalue weighted by molar-refractivity contribution is 0.321. The molecule has 1 nitrogen and oxygen atoms in total. The summed E-state index contributed by atoms with van der Waals surface area (Å²) in [6.45, 7) is 4.50. The maximum absolute atomic E-state index is 2.37. The minimum atomic E-state index is 1.07. The summed E-state index contributed by atoms with van der Waals surface area (Å²) in [6, 6.07) is 10.6. The van der Waals surface area contributed by atoms with Crippen LogP contribution in [0.1, 0.15) is 25.3 Å². The highest BCUT2D eigenvalue weighted by Crippen LogP contribution is 2.03. The van der Waals surface area contributed by atoms with Crippen molar-refractivity contribution in [3.63, 3.8) is 0 Å². The van der Waals surface area contributed by atoms with E-state index < -0.39 is 0 Å². The summed E-state index contributed by atoms with van der Waals surface area (Å²) in [7, 11) is 2.18. The normalized spacial score (nSPS) is 10.7. The minimum absolute atomic E-state index is 1.07. The summed E-state index contributed by atoms with van der Waals surface area (Å²) >= 11 is 0. The van der Waals surface area contributed by atoms with Gasteiger partial charge in [0.05, 0.1) is 0 Å². The van der Waals surface area contributed by atoms with Crippen molar-refractivity contribution in [2.24, 2.45) is 0 Å². The van der Waals surface area contributed by atoms with E-state index in [9.17, 15) is 0 Å². The van der Waals surface area contributed by atoms with Crippen molar-refractivity contribution in [2.45, 2.75) is 26.3 Å². The molecule has 0 radical (unpaired) electrons. The molecule has 1 aromatic carbocycles. The maximum atomic E-state index is 2.37. The van der Waals surface area contributed by atoms with Crippen LogP contribution in [0.4, 0.5) is 0 Å². The van der Waals surface area contributed by atoms with Crippen molar-refractivity contribution in [1.82, 2.24) is 4.90 Å². The molecule has 0 aliphatic heterocycles. The van der Waals surface area contributed by atoms with Crippen LogP contribution in [-0.2, 0) is 6.54 Å². The molecule has 0 fully saturated rings. The number of hydrogen-bond donors (Lipinski definition) is 0. The minimum Gasteiger partial charge on any atom is -0.302 e. The summed E-state index contributed by atoms with van der Waals surface area (Å²) in [4.78, 5) is 2.37. The van der Waals surface area contributed by atoms with Crippen molar-refractivity contribution in [1.29, 1.82) is 0 Å². The monoisotopic (exact) mass is 177 g/mol. The molecule has 0 aliphatic rings. The van der Waals surface area contributed by atoms with Crippen molar-refractivity contribution < 1.29 is 0 Å². The van der Waals surface area contributed by atoms with Gasteiger partial charge in [0, 0.05) is 6.54 Å². The average molecular weight is 177 g/mol. The topological polar surface area (TPSA) is 3.24 Å². The van der Waals surface area contributed by atoms with Gasteiger partial charge >= 0.3 is 0 Å². The Bertz CT molecular complexity index is 218. The molecule has 0 unspecified atom stereocenters. The van der Waals surface area contributed by atoms with E-state index in [4.69, 9.17) is 0 Å². The number of nitrogens with zero attached hydrogens (tertiary/aromatic N) is 1. The first-order chi connectivity index (χ1) is 6.33. The Hall–Kier alpha value is -0.820. The van der Waals surface area contributed by atoms with E-state index in [-0.39, 0.29) is 0 Å². The van der Waals surface area contributed by atoms with Gasteiger partial charge in [0.15, 0.2) is 0 Å². The molecule has 0 amide bonds. The van der Waals surface area contributed by atoms with Crippen LogP contribution < -0.4 is 0 Å². The third-order valence-corrected chi connectivity index (χ3v) is 2.19. The second-order valence-electron chi connectivity index (χ2n) is 3.58. The van der Waals surface area contributed by atoms with E-state index in [1.165, 1.54) is 24.9 Å². The summed E-state index contributed by atoms with van der Waals surface area (Å²) in [5, 5.41) is 0. The molecule has 1 aromatic rings. The first kappa shape index (κ1) is 10.3. The second-order valence-corrected chi connectivity index (χ2v) is 3.58. The first-order valence-corrected chi connectivity index (χ1v) is 5.05. The highest BCUT2D eigenvalue weighted by Gasteiger charge is 1.97. The summed E-state index contributed by atoms with van der Waals surface area (Å²) in [6.07, 6.45) is 2.57. The van der Waals surface area contributed by atoms with E-state index in [0.717, 1.165) is 6.54 Å². The van der Waals surface area contributed by atoms with Crippen LogP contribution in [0.25, 0.3) is 0 Å². The summed E-state index contributed by atoms with van der Waals surface area (Å²) < 4.78 is 0. The fourth-order valence-electron chi connectivity index (χ4n) is 1.40. The van der Waals surface area contributed by atoms with Gasteiger partial charge in [0.25, 0.3) is 0 Å². The van der Waals surface area contributed by atoms with Crippen LogP contribution in [0.15, 0.2) is 30.3 Å². The molecule has 0 spiro atoms. The summed E-state index contributed by atoms with van der Waals surface area (Å²) in [5.41, 5.74) is 1.40. The van der Waals surface area contributed by atoms with Crippen LogP contribution in [0.3, 0.4) is 0 Å². The number of hydrogen-bond acceptors (Lipinski definition) is 1. The molecular weight excluding hydrogens is 158 g/mol. The molecule has 0 atom stereocenters. The van der Waals surface area contributed by atoms with Crippen LogP contribution in [0.2, 0.25) is 0 Å². The fourth-order valence-corrected chi connectivity index (χ4v) is 1.40. The zero-order valence-corrected chi connectivity index (χ0v) is 8.66. The standard InChI is InChI=1S/C12H19N/c1-3-4-10-13(2)11-12-8-6-5-7-9-12/h5-9H,3-4,10-11H2,1-2H3. The fraction of sp³-hybridized carbons (Fsp3) is 0.500. The molecule has 13 heavy (non-hydrogen) atoms. The SMILES string of the molecule is CCCCN(C)Cc1ccccc1. The zero-order valence-electron chi connectivity index (χ0n) is 8.66. The van der Waals surface area contributed by atoms with E-state index in [2.05, 4.69) is 49.2 Å². The van der Waals surface area contributed by atoms with Gasteiger partial charge in [0.1, 0.15) is 0 Å². The summed E-state index contributed by atoms with van der Waals surface area (Å²) in [5.74, 6) is 0. The van der Waals surface area contributed by atoms with Crippen molar-refractivity contribution in [3.05, 3.63) is 35.9 Å². The largest absolute Gasteiger partial charge is 0.302 e. The Morgan fingerprint density at radius 1 is 1.15 bits per heavy atom. The lowest BCUT2D eigenvalue weighted by Gasteiger charge is -2.15. The molecule has 0 N–H and O–H groups in total. The lowest BCUT2D eigenvalue weighted by atomic mass is 10.2. The van der Waals surface area contributed by atoms with E-state index >= 15 is 0 Å². The molecule has 0 aliphatic carbocycles. The van der Waals surface area contributed by atoms with Gasteiger partial charge in [-0.25, -0.2) is 0 Å². The Morgan fingerprint density at radius 2 is 1.85 bits per heavy atom. The predicted octanol–water partition coefficient (Wildman–Crippen LogP) is 2.92. The number of benzene rings is 1. The number of rotatable bonds is 5. The van der Waals surface area contributed by atoms with Gasteiger partial charge in [-0.3, -0.25) is 0 Å². The molecule has 0 saturated heterocycles. The molecule has 0 bridgehead atoms. The smallest absolute Gasteiger partial charge is 0.0230 e. The zero-order chi connectivity index (χ0) is 9.52. The van der Waals surface area contributed by atoms with Gasteiger partial charge in [0.2, 0.25) is 0 Å². The molecule has 1 heteroatoms. The first-order valence-electron chi connectivity index (χ1n) is 5.05. The quantitative estimate of drug-likeness (QED) is 0.668. The maximum Gasteiger partial charge on any atom is 0.0230 e. The van der Waals surface area contributed by atoms with Crippen LogP contribution in [-0.4, -0.2) is 18.5 Å². The van der Waals surface area contributed by atoms with Gasteiger partial charge in [-0.15, -0.1) is 0 Å². The Morgan fingerprint density at radius 3 is 2.46 bits per heavy atom. The average Bonchev–Trinajstić information content (AvgIpc) is 2.16. The van der Waals surface area contributed by atoms with Crippen molar-refractivity contribution in [2.75, 3.05) is 13.6 Å². The van der Waals surface area contributed by atoms with Crippen molar-refractivity contribution in [3.8, 4) is 0 Å². The molecule has 0 saturated carbocycles. The van der Waals surface area contributed by atoms with Crippen LogP contribution >= 0.6 is 0 Å². The molecule has 1 rings (SSSR count).